The van der Waals surface area contributed by atoms with Crippen molar-refractivity contribution in [3.63, 3.8) is 0 Å². The first kappa shape index (κ1) is 17.1. The summed E-state index contributed by atoms with van der Waals surface area (Å²) in [6, 6.07) is 7.87. The first-order chi connectivity index (χ1) is 13.0. The van der Waals surface area contributed by atoms with Crippen molar-refractivity contribution >= 4 is 22.7 Å². The summed E-state index contributed by atoms with van der Waals surface area (Å²) in [6.07, 6.45) is 1.57. The summed E-state index contributed by atoms with van der Waals surface area (Å²) in [5.74, 6) is 0.504. The molecule has 0 unspecified atom stereocenters. The van der Waals surface area contributed by atoms with Gasteiger partial charge in [0.1, 0.15) is 0 Å². The summed E-state index contributed by atoms with van der Waals surface area (Å²) in [5, 5.41) is 11.4. The van der Waals surface area contributed by atoms with Crippen LogP contribution >= 0.6 is 0 Å². The van der Waals surface area contributed by atoms with Gasteiger partial charge in [-0.1, -0.05) is 12.1 Å². The number of aromatic amines is 1. The number of nitro benzene ring substituents is 1. The minimum Gasteiger partial charge on any atom is -0.340 e. The molecule has 3 heterocycles. The third-order valence-electron chi connectivity index (χ3n) is 4.77. The Morgan fingerprint density at radius 3 is 2.70 bits per heavy atom. The number of rotatable bonds is 3. The molecule has 1 N–H and O–H groups in total. The zero-order valence-electron chi connectivity index (χ0n) is 14.8. The molecule has 0 atom stereocenters. The van der Waals surface area contributed by atoms with Gasteiger partial charge in [-0.25, -0.2) is 4.98 Å². The SMILES string of the molecule is CN1CCN(c2nc3nccc(-c4cccc([N+](=O)[O-])c4)c3c(=O)[nH]2)CC1. The van der Waals surface area contributed by atoms with Crippen LogP contribution in [0.25, 0.3) is 22.2 Å². The predicted octanol–water partition coefficient (Wildman–Crippen LogP) is 1.65. The largest absolute Gasteiger partial charge is 0.340 e. The number of piperazine rings is 1. The Morgan fingerprint density at radius 1 is 1.19 bits per heavy atom. The highest BCUT2D eigenvalue weighted by molar-refractivity contribution is 5.92. The molecule has 9 nitrogen and oxygen atoms in total. The van der Waals surface area contributed by atoms with Crippen molar-refractivity contribution < 1.29 is 4.92 Å². The minimum atomic E-state index is -0.457. The van der Waals surface area contributed by atoms with Gasteiger partial charge in [-0.05, 0) is 18.7 Å². The number of aromatic nitrogens is 3. The Bertz CT molecular complexity index is 1070. The molecule has 1 fully saturated rings. The van der Waals surface area contributed by atoms with E-state index in [1.54, 1.807) is 24.4 Å². The monoisotopic (exact) mass is 366 g/mol. The Balaban J connectivity index is 1.81. The molecule has 0 spiro atoms. The van der Waals surface area contributed by atoms with Crippen LogP contribution in [0.2, 0.25) is 0 Å². The fraction of sp³-hybridized carbons (Fsp3) is 0.278. The van der Waals surface area contributed by atoms with E-state index in [-0.39, 0.29) is 11.2 Å². The maximum absolute atomic E-state index is 12.8. The molecule has 0 bridgehead atoms. The second kappa shape index (κ2) is 6.76. The first-order valence-electron chi connectivity index (χ1n) is 8.60. The molecule has 0 radical (unpaired) electrons. The number of likely N-dealkylation sites (N-methyl/N-ethyl adjacent to an activating group) is 1. The second-order valence-corrected chi connectivity index (χ2v) is 6.54. The third kappa shape index (κ3) is 3.24. The van der Waals surface area contributed by atoms with Crippen molar-refractivity contribution in [3.05, 3.63) is 57.0 Å². The van der Waals surface area contributed by atoms with Crippen LogP contribution in [0.15, 0.2) is 41.3 Å². The van der Waals surface area contributed by atoms with Gasteiger partial charge in [0.15, 0.2) is 5.65 Å². The van der Waals surface area contributed by atoms with E-state index in [9.17, 15) is 14.9 Å². The lowest BCUT2D eigenvalue weighted by atomic mass is 10.0. The third-order valence-corrected chi connectivity index (χ3v) is 4.77. The number of fused-ring (bicyclic) bond motifs is 1. The molecular weight excluding hydrogens is 348 g/mol. The predicted molar refractivity (Wildman–Crippen MR) is 102 cm³/mol. The molecular formula is C18H18N6O3. The molecule has 1 aromatic carbocycles. The molecule has 4 rings (SSSR count). The Morgan fingerprint density at radius 2 is 1.96 bits per heavy atom. The average molecular weight is 366 g/mol. The van der Waals surface area contributed by atoms with Crippen LogP contribution in [0.1, 0.15) is 0 Å². The molecule has 0 amide bonds. The van der Waals surface area contributed by atoms with E-state index in [4.69, 9.17) is 0 Å². The summed E-state index contributed by atoms with van der Waals surface area (Å²) >= 11 is 0. The number of hydrogen-bond acceptors (Lipinski definition) is 7. The highest BCUT2D eigenvalue weighted by Gasteiger charge is 2.19. The van der Waals surface area contributed by atoms with Crippen LogP contribution in [0.5, 0.6) is 0 Å². The van der Waals surface area contributed by atoms with Gasteiger partial charge in [-0.15, -0.1) is 0 Å². The Kier molecular flexibility index (Phi) is 4.28. The van der Waals surface area contributed by atoms with E-state index in [1.807, 2.05) is 4.90 Å². The lowest BCUT2D eigenvalue weighted by Crippen LogP contribution is -2.45. The van der Waals surface area contributed by atoms with Gasteiger partial charge in [0.25, 0.3) is 11.2 Å². The van der Waals surface area contributed by atoms with Crippen molar-refractivity contribution in [2.75, 3.05) is 38.1 Å². The van der Waals surface area contributed by atoms with E-state index >= 15 is 0 Å². The standard InChI is InChI=1S/C18H18N6O3/c1-22-7-9-23(10-8-22)18-20-16-15(17(25)21-18)14(5-6-19-16)12-3-2-4-13(11-12)24(26)27/h2-6,11H,7-10H2,1H3,(H,19,20,21,25). The summed E-state index contributed by atoms with van der Waals surface area (Å²) in [5.41, 5.74) is 1.15. The van der Waals surface area contributed by atoms with Crippen LogP contribution in [0, 0.1) is 10.1 Å². The van der Waals surface area contributed by atoms with Crippen molar-refractivity contribution in [2.24, 2.45) is 0 Å². The quantitative estimate of drug-likeness (QED) is 0.554. The van der Waals surface area contributed by atoms with Gasteiger partial charge in [0.05, 0.1) is 10.3 Å². The van der Waals surface area contributed by atoms with Gasteiger partial charge >= 0.3 is 0 Å². The maximum atomic E-state index is 12.8. The molecule has 9 heteroatoms. The number of benzene rings is 1. The number of non-ortho nitro benzene ring substituents is 1. The highest BCUT2D eigenvalue weighted by atomic mass is 16.6. The second-order valence-electron chi connectivity index (χ2n) is 6.54. The number of nitrogens with zero attached hydrogens (tertiary/aromatic N) is 5. The lowest BCUT2D eigenvalue weighted by Gasteiger charge is -2.32. The van der Waals surface area contributed by atoms with Crippen molar-refractivity contribution in [2.45, 2.75) is 0 Å². The highest BCUT2D eigenvalue weighted by Crippen LogP contribution is 2.27. The van der Waals surface area contributed by atoms with Gasteiger partial charge in [-0.3, -0.25) is 19.9 Å². The topological polar surface area (TPSA) is 108 Å². The number of nitrogens with one attached hydrogen (secondary N) is 1. The Labute approximate surface area is 154 Å². The number of nitro groups is 1. The van der Waals surface area contributed by atoms with Crippen LogP contribution in [-0.4, -0.2) is 58.0 Å². The normalized spacial score (nSPS) is 15.2. The molecule has 3 aromatic rings. The van der Waals surface area contributed by atoms with Crippen molar-refractivity contribution in [1.29, 1.82) is 0 Å². The van der Waals surface area contributed by atoms with Crippen LogP contribution in [-0.2, 0) is 0 Å². The van der Waals surface area contributed by atoms with Gasteiger partial charge in [0.2, 0.25) is 5.95 Å². The minimum absolute atomic E-state index is 0.0316. The van der Waals surface area contributed by atoms with Crippen molar-refractivity contribution in [1.82, 2.24) is 19.9 Å². The summed E-state index contributed by atoms with van der Waals surface area (Å²) in [7, 11) is 2.06. The van der Waals surface area contributed by atoms with E-state index < -0.39 is 4.92 Å². The van der Waals surface area contributed by atoms with E-state index in [0.717, 1.165) is 26.2 Å². The zero-order chi connectivity index (χ0) is 19.0. The number of H-pyrrole nitrogens is 1. The van der Waals surface area contributed by atoms with E-state index in [2.05, 4.69) is 26.9 Å². The van der Waals surface area contributed by atoms with Crippen molar-refractivity contribution in [3.8, 4) is 11.1 Å². The number of anilines is 1. The Hall–Kier alpha value is -3.33. The molecule has 2 aromatic heterocycles. The van der Waals surface area contributed by atoms with Crippen LogP contribution in [0.3, 0.4) is 0 Å². The molecule has 0 saturated carbocycles. The summed E-state index contributed by atoms with van der Waals surface area (Å²) in [4.78, 5) is 39.3. The smallest absolute Gasteiger partial charge is 0.270 e. The van der Waals surface area contributed by atoms with E-state index in [0.29, 0.717) is 28.1 Å². The van der Waals surface area contributed by atoms with E-state index in [1.165, 1.54) is 12.1 Å². The summed E-state index contributed by atoms with van der Waals surface area (Å²) in [6.45, 7) is 3.33. The number of hydrogen-bond donors (Lipinski definition) is 1. The van der Waals surface area contributed by atoms with Crippen LogP contribution < -0.4 is 10.5 Å². The fourth-order valence-electron chi connectivity index (χ4n) is 3.25. The van der Waals surface area contributed by atoms with Gasteiger partial charge in [-0.2, -0.15) is 4.98 Å². The molecule has 1 aliphatic heterocycles. The van der Waals surface area contributed by atoms with Crippen LogP contribution in [0.4, 0.5) is 11.6 Å². The molecule has 0 aliphatic carbocycles. The maximum Gasteiger partial charge on any atom is 0.270 e. The molecule has 27 heavy (non-hydrogen) atoms. The average Bonchev–Trinajstić information content (AvgIpc) is 2.68. The summed E-state index contributed by atoms with van der Waals surface area (Å²) < 4.78 is 0. The first-order valence-corrected chi connectivity index (χ1v) is 8.60. The van der Waals surface area contributed by atoms with Gasteiger partial charge in [0, 0.05) is 50.1 Å². The van der Waals surface area contributed by atoms with Gasteiger partial charge < -0.3 is 9.80 Å². The molecule has 1 aliphatic rings. The molecule has 138 valence electrons. The number of pyridine rings is 1. The zero-order valence-corrected chi connectivity index (χ0v) is 14.8. The fourth-order valence-corrected chi connectivity index (χ4v) is 3.25. The molecule has 1 saturated heterocycles. The lowest BCUT2D eigenvalue weighted by molar-refractivity contribution is -0.384.